The van der Waals surface area contributed by atoms with Gasteiger partial charge in [0.05, 0.1) is 18.0 Å². The number of piperazine rings is 1. The number of halogens is 3. The first-order valence-corrected chi connectivity index (χ1v) is 11.8. The highest BCUT2D eigenvalue weighted by Gasteiger charge is 2.56. The highest BCUT2D eigenvalue weighted by Crippen LogP contribution is 2.45. The van der Waals surface area contributed by atoms with E-state index in [9.17, 15) is 26.4 Å². The quantitative estimate of drug-likeness (QED) is 0.728. The summed E-state index contributed by atoms with van der Waals surface area (Å²) in [5, 5.41) is 0. The van der Waals surface area contributed by atoms with Gasteiger partial charge in [-0.3, -0.25) is 4.79 Å². The number of alkyl halides is 3. The lowest BCUT2D eigenvalue weighted by molar-refractivity contribution is -0.153. The van der Waals surface area contributed by atoms with Gasteiger partial charge in [-0.05, 0) is 26.7 Å². The van der Waals surface area contributed by atoms with Crippen LogP contribution in [0.25, 0.3) is 0 Å². The molecule has 174 valence electrons. The number of H-pyrrole nitrogens is 1. The van der Waals surface area contributed by atoms with Crippen LogP contribution in [0.4, 0.5) is 24.7 Å². The zero-order valence-electron chi connectivity index (χ0n) is 17.5. The molecule has 4 rings (SSSR count). The number of morpholine rings is 1. The Hall–Kier alpha value is -1.79. The highest BCUT2D eigenvalue weighted by atomic mass is 32.2. The Kier molecular flexibility index (Phi) is 5.54. The van der Waals surface area contributed by atoms with E-state index in [-0.39, 0.29) is 24.9 Å². The highest BCUT2D eigenvalue weighted by molar-refractivity contribution is 7.90. The lowest BCUT2D eigenvalue weighted by Crippen LogP contribution is -2.61. The van der Waals surface area contributed by atoms with Crippen molar-refractivity contribution in [2.45, 2.75) is 49.7 Å². The van der Waals surface area contributed by atoms with Gasteiger partial charge >= 0.3 is 6.18 Å². The Morgan fingerprint density at radius 2 is 1.87 bits per heavy atom. The molecule has 2 aliphatic heterocycles. The number of anilines is 2. The van der Waals surface area contributed by atoms with Crippen molar-refractivity contribution in [1.82, 2.24) is 9.29 Å². The van der Waals surface area contributed by atoms with Crippen LogP contribution in [0.1, 0.15) is 26.7 Å². The Balaban J connectivity index is 1.65. The van der Waals surface area contributed by atoms with Crippen molar-refractivity contribution in [3.63, 3.8) is 0 Å². The fourth-order valence-corrected chi connectivity index (χ4v) is 6.14. The molecule has 1 aromatic heterocycles. The largest absolute Gasteiger partial charge is 0.410 e. The van der Waals surface area contributed by atoms with Crippen LogP contribution in [0, 0.1) is 0 Å². The third-order valence-electron chi connectivity index (χ3n) is 6.46. The summed E-state index contributed by atoms with van der Waals surface area (Å²) in [6.45, 7) is 4.01. The number of nitrogens with zero attached hydrogens (tertiary/aromatic N) is 3. The summed E-state index contributed by atoms with van der Waals surface area (Å²) < 4.78 is 73.0. The number of rotatable bonds is 4. The molecular weight excluding hydrogens is 437 g/mol. The van der Waals surface area contributed by atoms with E-state index in [1.807, 2.05) is 11.8 Å². The van der Waals surface area contributed by atoms with Crippen LogP contribution in [0.5, 0.6) is 0 Å². The molecule has 31 heavy (non-hydrogen) atoms. The number of hydrogen-bond acceptors (Lipinski definition) is 6. The molecule has 0 amide bonds. The first kappa shape index (κ1) is 22.4. The molecule has 8 nitrogen and oxygen atoms in total. The number of ether oxygens (including phenoxy) is 1. The van der Waals surface area contributed by atoms with Crippen molar-refractivity contribution < 1.29 is 26.3 Å². The van der Waals surface area contributed by atoms with Crippen molar-refractivity contribution >= 4 is 21.5 Å². The van der Waals surface area contributed by atoms with Crippen LogP contribution in [-0.2, 0) is 14.8 Å². The molecule has 3 fully saturated rings. The summed E-state index contributed by atoms with van der Waals surface area (Å²) in [7, 11) is -3.82. The van der Waals surface area contributed by atoms with Crippen LogP contribution >= 0.6 is 0 Å². The number of aromatic amines is 1. The molecule has 2 unspecified atom stereocenters. The molecule has 0 spiro atoms. The second-order valence-electron chi connectivity index (χ2n) is 8.77. The van der Waals surface area contributed by atoms with Crippen LogP contribution < -0.4 is 15.4 Å². The predicted octanol–water partition coefficient (Wildman–Crippen LogP) is 1.54. The number of sulfonamides is 1. The normalized spacial score (nSPS) is 27.4. The third kappa shape index (κ3) is 4.17. The van der Waals surface area contributed by atoms with Gasteiger partial charge in [-0.15, -0.1) is 0 Å². The van der Waals surface area contributed by atoms with E-state index in [1.54, 1.807) is 6.92 Å². The lowest BCUT2D eigenvalue weighted by Gasteiger charge is -2.43. The minimum absolute atomic E-state index is 0.0249. The first-order valence-electron chi connectivity index (χ1n) is 10.3. The Morgan fingerprint density at radius 1 is 1.16 bits per heavy atom. The number of aromatic nitrogens is 1. The van der Waals surface area contributed by atoms with Gasteiger partial charge in [0.1, 0.15) is 11.9 Å². The zero-order valence-corrected chi connectivity index (χ0v) is 18.3. The molecule has 0 aromatic carbocycles. The van der Waals surface area contributed by atoms with E-state index in [0.29, 0.717) is 38.3 Å². The van der Waals surface area contributed by atoms with E-state index < -0.39 is 39.1 Å². The Labute approximate surface area is 179 Å². The van der Waals surface area contributed by atoms with E-state index in [4.69, 9.17) is 4.74 Å². The molecule has 1 aromatic rings. The number of pyridine rings is 1. The predicted molar refractivity (Wildman–Crippen MR) is 110 cm³/mol. The van der Waals surface area contributed by atoms with Crippen LogP contribution in [0.3, 0.4) is 0 Å². The maximum atomic E-state index is 14.0. The lowest BCUT2D eigenvalue weighted by atomic mass is 10.1. The molecule has 3 heterocycles. The van der Waals surface area contributed by atoms with E-state index in [2.05, 4.69) is 4.98 Å². The van der Waals surface area contributed by atoms with Crippen molar-refractivity contribution in [3.8, 4) is 0 Å². The van der Waals surface area contributed by atoms with E-state index in [1.165, 1.54) is 12.1 Å². The smallest absolute Gasteiger partial charge is 0.377 e. The van der Waals surface area contributed by atoms with E-state index >= 15 is 0 Å². The van der Waals surface area contributed by atoms with Crippen molar-refractivity contribution in [2.75, 3.05) is 49.2 Å². The van der Waals surface area contributed by atoms with Crippen molar-refractivity contribution in [1.29, 1.82) is 0 Å². The number of nitrogens with one attached hydrogen (secondary N) is 1. The molecule has 1 aliphatic carbocycles. The van der Waals surface area contributed by atoms with Crippen LogP contribution in [0.15, 0.2) is 16.9 Å². The van der Waals surface area contributed by atoms with Crippen molar-refractivity contribution in [3.05, 3.63) is 22.5 Å². The standard InChI is InChI=1S/C19H27F3N4O4S/c1-13-12-30-8-7-25(13)14-9-16(23-17(27)10-14)26-6-5-24(11-15(26)19(20,21)22)31(28,29)18(2)3-4-18/h9-10,13,15H,3-8,11-12H2,1-2H3,(H,23,27). The van der Waals surface area contributed by atoms with Gasteiger partial charge in [0, 0.05) is 50.0 Å². The molecular formula is C19H27F3N4O4S. The van der Waals surface area contributed by atoms with Gasteiger partial charge in [-0.1, -0.05) is 0 Å². The summed E-state index contributed by atoms with van der Waals surface area (Å²) in [6, 6.07) is 0.825. The first-order chi connectivity index (χ1) is 14.4. The molecule has 2 saturated heterocycles. The zero-order chi connectivity index (χ0) is 22.6. The average molecular weight is 465 g/mol. The van der Waals surface area contributed by atoms with Crippen LogP contribution in [0.2, 0.25) is 0 Å². The fourth-order valence-electron chi connectivity index (χ4n) is 4.24. The monoisotopic (exact) mass is 464 g/mol. The fraction of sp³-hybridized carbons (Fsp3) is 0.737. The second-order valence-corrected chi connectivity index (χ2v) is 11.2. The summed E-state index contributed by atoms with van der Waals surface area (Å²) >= 11 is 0. The molecule has 1 saturated carbocycles. The summed E-state index contributed by atoms with van der Waals surface area (Å²) in [5.74, 6) is 0.0400. The minimum Gasteiger partial charge on any atom is -0.377 e. The Bertz CT molecular complexity index is 993. The van der Waals surface area contributed by atoms with Gasteiger partial charge in [0.15, 0.2) is 0 Å². The average Bonchev–Trinajstić information content (AvgIpc) is 3.46. The third-order valence-corrected chi connectivity index (χ3v) is 9.13. The molecule has 1 N–H and O–H groups in total. The van der Waals surface area contributed by atoms with Gasteiger partial charge in [-0.25, -0.2) is 8.42 Å². The van der Waals surface area contributed by atoms with Gasteiger partial charge < -0.3 is 19.5 Å². The second kappa shape index (κ2) is 7.66. The summed E-state index contributed by atoms with van der Waals surface area (Å²) in [4.78, 5) is 17.8. The molecule has 2 atom stereocenters. The maximum Gasteiger partial charge on any atom is 0.410 e. The van der Waals surface area contributed by atoms with Gasteiger partial charge in [-0.2, -0.15) is 17.5 Å². The number of hydrogen-bond donors (Lipinski definition) is 1. The Morgan fingerprint density at radius 3 is 2.48 bits per heavy atom. The van der Waals surface area contributed by atoms with Crippen LogP contribution in [-0.4, -0.2) is 80.1 Å². The topological polar surface area (TPSA) is 85.9 Å². The summed E-state index contributed by atoms with van der Waals surface area (Å²) in [5.41, 5.74) is 0.0173. The van der Waals surface area contributed by atoms with Crippen molar-refractivity contribution in [2.24, 2.45) is 0 Å². The van der Waals surface area contributed by atoms with E-state index in [0.717, 1.165) is 9.21 Å². The minimum atomic E-state index is -4.67. The summed E-state index contributed by atoms with van der Waals surface area (Å²) in [6.07, 6.45) is -3.75. The van der Waals surface area contributed by atoms with Gasteiger partial charge in [0.25, 0.3) is 5.56 Å². The SMILES string of the molecule is CC1COCCN1c1cc(N2CCN(S(=O)(=O)C3(C)CC3)CC2C(F)(F)F)[nH]c(=O)c1. The molecule has 0 radical (unpaired) electrons. The maximum absolute atomic E-state index is 14.0. The molecule has 0 bridgehead atoms. The molecule has 3 aliphatic rings. The molecule has 12 heteroatoms. The van der Waals surface area contributed by atoms with Gasteiger partial charge in [0.2, 0.25) is 10.0 Å².